The molecule has 0 saturated heterocycles. The molecule has 170 valence electrons. The fourth-order valence-electron chi connectivity index (χ4n) is 4.42. The second-order valence-electron chi connectivity index (χ2n) is 8.85. The lowest BCUT2D eigenvalue weighted by atomic mass is 9.57. The molecule has 0 atom stereocenters. The summed E-state index contributed by atoms with van der Waals surface area (Å²) in [5, 5.41) is 10.6. The lowest BCUT2D eigenvalue weighted by molar-refractivity contribution is 0.356. The van der Waals surface area contributed by atoms with Crippen LogP contribution in [0, 0.1) is 17.1 Å². The summed E-state index contributed by atoms with van der Waals surface area (Å²) in [5.41, 5.74) is 4.22. The summed E-state index contributed by atoms with van der Waals surface area (Å²) in [6.07, 6.45) is 3.67. The molecule has 7 nitrogen and oxygen atoms in total. The minimum atomic E-state index is -1.80. The van der Waals surface area contributed by atoms with Crippen LogP contribution in [0.2, 0.25) is 0 Å². The van der Waals surface area contributed by atoms with E-state index in [0.717, 1.165) is 17.7 Å². The molecule has 0 saturated carbocycles. The molecule has 4 aromatic rings. The number of benzene rings is 2. The number of ether oxygens (including phenoxy) is 1. The van der Waals surface area contributed by atoms with Gasteiger partial charge in [-0.25, -0.2) is 14.4 Å². The first kappa shape index (κ1) is 22.9. The first-order valence-electron chi connectivity index (χ1n) is 11.1. The Bertz CT molecular complexity index is 1460. The predicted octanol–water partition coefficient (Wildman–Crippen LogP) is 2.96. The molecule has 2 aromatic carbocycles. The molecule has 0 unspecified atom stereocenters. The minimum Gasteiger partial charge on any atom is -0.493 e. The van der Waals surface area contributed by atoms with E-state index in [4.69, 9.17) is 20.4 Å². The number of anilines is 1. The smallest absolute Gasteiger partial charge is 0.208 e. The summed E-state index contributed by atoms with van der Waals surface area (Å²) in [6, 6.07) is 13.0. The van der Waals surface area contributed by atoms with Crippen molar-refractivity contribution in [1.82, 2.24) is 19.3 Å². The van der Waals surface area contributed by atoms with Crippen LogP contribution in [0.1, 0.15) is 22.4 Å². The molecule has 1 aliphatic heterocycles. The van der Waals surface area contributed by atoms with Crippen molar-refractivity contribution in [3.63, 3.8) is 0 Å². The van der Waals surface area contributed by atoms with Gasteiger partial charge in [-0.3, -0.25) is 4.40 Å². The van der Waals surface area contributed by atoms with Gasteiger partial charge in [-0.2, -0.15) is 5.26 Å². The van der Waals surface area contributed by atoms with Gasteiger partial charge in [0.1, 0.15) is 17.6 Å². The van der Waals surface area contributed by atoms with E-state index in [9.17, 15) is 9.65 Å². The van der Waals surface area contributed by atoms with Gasteiger partial charge in [-0.05, 0) is 42.7 Å². The van der Waals surface area contributed by atoms with Crippen LogP contribution in [-0.4, -0.2) is 55.7 Å². The molecule has 1 N–H and O–H groups in total. The van der Waals surface area contributed by atoms with E-state index >= 15 is 0 Å². The Morgan fingerprint density at radius 3 is 2.71 bits per heavy atom. The second-order valence-corrected chi connectivity index (χ2v) is 8.85. The van der Waals surface area contributed by atoms with Crippen molar-refractivity contribution in [2.24, 2.45) is 0 Å². The number of halogens is 1. The maximum absolute atomic E-state index is 14.9. The molecule has 10 heteroatoms. The van der Waals surface area contributed by atoms with E-state index in [1.807, 2.05) is 38.4 Å². The average Bonchev–Trinajstić information content (AvgIpc) is 3.46. The van der Waals surface area contributed by atoms with Gasteiger partial charge in [-0.15, -0.1) is 0 Å². The van der Waals surface area contributed by atoms with Crippen LogP contribution in [-0.2, 0) is 18.3 Å². The van der Waals surface area contributed by atoms with Crippen LogP contribution >= 0.6 is 0 Å². The molecule has 4 radical (unpaired) electrons. The van der Waals surface area contributed by atoms with E-state index < -0.39 is 11.2 Å². The van der Waals surface area contributed by atoms with Crippen molar-refractivity contribution < 1.29 is 9.13 Å². The zero-order valence-corrected chi connectivity index (χ0v) is 19.4. The highest BCUT2D eigenvalue weighted by Crippen LogP contribution is 2.36. The van der Waals surface area contributed by atoms with Gasteiger partial charge in [0.05, 0.1) is 28.5 Å². The van der Waals surface area contributed by atoms with Crippen molar-refractivity contribution in [3.05, 3.63) is 77.0 Å². The zero-order valence-electron chi connectivity index (χ0n) is 19.4. The Labute approximate surface area is 205 Å². The maximum Gasteiger partial charge on any atom is 0.208 e. The van der Waals surface area contributed by atoms with Gasteiger partial charge in [0, 0.05) is 35.9 Å². The van der Waals surface area contributed by atoms with Gasteiger partial charge >= 0.3 is 0 Å². The van der Waals surface area contributed by atoms with Crippen LogP contribution < -0.4 is 10.1 Å². The largest absolute Gasteiger partial charge is 0.493 e. The lowest BCUT2D eigenvalue weighted by Crippen LogP contribution is -2.39. The van der Waals surface area contributed by atoms with Crippen molar-refractivity contribution in [2.75, 3.05) is 26.0 Å². The third kappa shape index (κ3) is 4.24. The Balaban J connectivity index is 1.56. The SMILES string of the molecule is [B]C([B])(Nc1ncc(-c2ccc(CN(C)C)cc2)c2nc(C#N)cn12)c1c(F)ccc2c1CCO2. The van der Waals surface area contributed by atoms with Gasteiger partial charge in [0.25, 0.3) is 0 Å². The van der Waals surface area contributed by atoms with Crippen molar-refractivity contribution in [1.29, 1.82) is 5.26 Å². The van der Waals surface area contributed by atoms with E-state index in [0.29, 0.717) is 30.0 Å². The van der Waals surface area contributed by atoms with Crippen LogP contribution in [0.4, 0.5) is 10.3 Å². The number of hydrogen-bond acceptors (Lipinski definition) is 6. The summed E-state index contributed by atoms with van der Waals surface area (Å²) in [4.78, 5) is 11.1. The fourth-order valence-corrected chi connectivity index (χ4v) is 4.42. The molecular weight excluding hydrogens is 441 g/mol. The highest BCUT2D eigenvalue weighted by molar-refractivity contribution is 6.41. The molecule has 0 spiro atoms. The third-order valence-electron chi connectivity index (χ3n) is 5.93. The van der Waals surface area contributed by atoms with Gasteiger partial charge in [-0.1, -0.05) is 24.3 Å². The number of hydrogen-bond donors (Lipinski definition) is 1. The normalized spacial score (nSPS) is 13.0. The summed E-state index contributed by atoms with van der Waals surface area (Å²) < 4.78 is 22.0. The minimum absolute atomic E-state index is 0.114. The zero-order chi connectivity index (χ0) is 24.7. The summed E-state index contributed by atoms with van der Waals surface area (Å²) in [5.74, 6) is 0.243. The van der Waals surface area contributed by atoms with Crippen LogP contribution in [0.25, 0.3) is 16.8 Å². The van der Waals surface area contributed by atoms with E-state index in [-0.39, 0.29) is 17.2 Å². The van der Waals surface area contributed by atoms with Crippen molar-refractivity contribution >= 4 is 27.3 Å². The molecule has 3 heterocycles. The number of nitrogens with zero attached hydrogens (tertiary/aromatic N) is 5. The standard InChI is InChI=1S/C25H21B2FN6O/c1-33(2)13-15-3-5-16(6-4-15)19-12-30-24(34-14-17(11-29)31-23(19)34)32-25(26,27)22-18-9-10-35-21(18)8-7-20(22)28/h3-8,12,14H,9-10,13H2,1-2H3,(H,30,32). The van der Waals surface area contributed by atoms with Gasteiger partial charge < -0.3 is 15.0 Å². The first-order chi connectivity index (χ1) is 16.8. The van der Waals surface area contributed by atoms with E-state index in [1.54, 1.807) is 22.9 Å². The van der Waals surface area contributed by atoms with Gasteiger partial charge in [0.2, 0.25) is 5.95 Å². The maximum atomic E-state index is 14.9. The molecule has 0 aliphatic carbocycles. The van der Waals surface area contributed by atoms with Crippen molar-refractivity contribution in [2.45, 2.75) is 18.3 Å². The summed E-state index contributed by atoms with van der Waals surface area (Å²) in [6.45, 7) is 1.25. The molecule has 0 bridgehead atoms. The average molecular weight is 462 g/mol. The van der Waals surface area contributed by atoms with Crippen LogP contribution in [0.15, 0.2) is 48.8 Å². The highest BCUT2D eigenvalue weighted by atomic mass is 19.1. The predicted molar refractivity (Wildman–Crippen MR) is 133 cm³/mol. The Hall–Kier alpha value is -3.83. The van der Waals surface area contributed by atoms with E-state index in [2.05, 4.69) is 26.3 Å². The quantitative estimate of drug-likeness (QED) is 0.445. The molecule has 2 aromatic heterocycles. The second kappa shape index (κ2) is 8.75. The lowest BCUT2D eigenvalue weighted by Gasteiger charge is -2.31. The fraction of sp³-hybridized carbons (Fsp3) is 0.240. The van der Waals surface area contributed by atoms with Gasteiger partial charge in [0.15, 0.2) is 11.3 Å². The van der Waals surface area contributed by atoms with Crippen LogP contribution in [0.3, 0.4) is 0 Å². The third-order valence-corrected chi connectivity index (χ3v) is 5.93. The monoisotopic (exact) mass is 462 g/mol. The Morgan fingerprint density at radius 2 is 2.00 bits per heavy atom. The molecule has 1 aliphatic rings. The topological polar surface area (TPSA) is 78.5 Å². The van der Waals surface area contributed by atoms with Crippen LogP contribution in [0.5, 0.6) is 5.75 Å². The number of rotatable bonds is 6. The van der Waals surface area contributed by atoms with E-state index in [1.165, 1.54) is 11.6 Å². The molecule has 0 fully saturated rings. The summed E-state index contributed by atoms with van der Waals surface area (Å²) >= 11 is 0. The Morgan fingerprint density at radius 1 is 1.23 bits per heavy atom. The summed E-state index contributed by atoms with van der Waals surface area (Å²) in [7, 11) is 16.8. The molecule has 35 heavy (non-hydrogen) atoms. The number of aromatic nitrogens is 3. The number of nitriles is 1. The number of imidazole rings is 1. The first-order valence-corrected chi connectivity index (χ1v) is 11.1. The highest BCUT2D eigenvalue weighted by Gasteiger charge is 2.31. The molecular formula is C25H21B2FN6O. The molecule has 0 amide bonds. The Kier molecular flexibility index (Phi) is 5.73. The molecule has 5 rings (SSSR count). The number of nitrogens with one attached hydrogen (secondary N) is 1. The van der Waals surface area contributed by atoms with Crippen molar-refractivity contribution in [3.8, 4) is 22.9 Å². The number of fused-ring (bicyclic) bond motifs is 2.